The van der Waals surface area contributed by atoms with Gasteiger partial charge in [-0.3, -0.25) is 4.99 Å². The molecule has 0 aromatic heterocycles. The van der Waals surface area contributed by atoms with E-state index in [0.717, 1.165) is 6.42 Å². The summed E-state index contributed by atoms with van der Waals surface area (Å²) < 4.78 is 0. The molecular formula is C16H15N. The average Bonchev–Trinajstić information content (AvgIpc) is 3.11. The number of aliphatic imine (C=N–C) groups is 1. The van der Waals surface area contributed by atoms with E-state index >= 15 is 0 Å². The summed E-state index contributed by atoms with van der Waals surface area (Å²) in [4.78, 5) is 4.57. The molecule has 1 aliphatic heterocycles. The van der Waals surface area contributed by atoms with Gasteiger partial charge in [0.25, 0.3) is 0 Å². The summed E-state index contributed by atoms with van der Waals surface area (Å²) in [6.07, 6.45) is 1.03. The maximum absolute atomic E-state index is 4.57. The molecule has 17 heavy (non-hydrogen) atoms. The van der Waals surface area contributed by atoms with Crippen molar-refractivity contribution in [2.45, 2.75) is 19.4 Å². The predicted octanol–water partition coefficient (Wildman–Crippen LogP) is 3.41. The number of hydrogen-bond donors (Lipinski definition) is 0. The predicted molar refractivity (Wildman–Crippen MR) is 71.7 cm³/mol. The Kier molecular flexibility index (Phi) is 2.52. The van der Waals surface area contributed by atoms with Gasteiger partial charge in [-0.15, -0.1) is 0 Å². The van der Waals surface area contributed by atoms with Crippen LogP contribution in [0.25, 0.3) is 0 Å². The fraction of sp³-hybridized carbons (Fsp3) is 0.188. The van der Waals surface area contributed by atoms with E-state index in [9.17, 15) is 0 Å². The van der Waals surface area contributed by atoms with Crippen molar-refractivity contribution in [3.8, 4) is 0 Å². The van der Waals surface area contributed by atoms with Gasteiger partial charge in [-0.05, 0) is 18.1 Å². The van der Waals surface area contributed by atoms with Gasteiger partial charge >= 0.3 is 0 Å². The summed E-state index contributed by atoms with van der Waals surface area (Å²) in [6, 6.07) is 19.6. The smallest absolute Gasteiger partial charge is 0.0966 e. The summed E-state index contributed by atoms with van der Waals surface area (Å²) in [5, 5.41) is 0. The lowest BCUT2D eigenvalue weighted by molar-refractivity contribution is 0.962. The fourth-order valence-electron chi connectivity index (χ4n) is 2.10. The lowest BCUT2D eigenvalue weighted by atomic mass is 10.0. The maximum Gasteiger partial charge on any atom is 0.0966 e. The molecule has 2 aromatic carbocycles. The minimum Gasteiger partial charge on any atom is -0.277 e. The highest BCUT2D eigenvalue weighted by Crippen LogP contribution is 2.23. The van der Waals surface area contributed by atoms with E-state index in [0.29, 0.717) is 6.04 Å². The Morgan fingerprint density at radius 1 is 0.941 bits per heavy atom. The molecule has 0 fully saturated rings. The first-order chi connectivity index (χ1) is 8.33. The van der Waals surface area contributed by atoms with Crippen LogP contribution >= 0.6 is 0 Å². The Balaban J connectivity index is 1.67. The van der Waals surface area contributed by atoms with Crippen molar-refractivity contribution in [3.63, 3.8) is 0 Å². The van der Waals surface area contributed by atoms with Crippen LogP contribution < -0.4 is 0 Å². The lowest BCUT2D eigenvalue weighted by Gasteiger charge is -1.99. The monoisotopic (exact) mass is 221 g/mol. The fourth-order valence-corrected chi connectivity index (χ4v) is 2.10. The van der Waals surface area contributed by atoms with Gasteiger partial charge in [0.15, 0.2) is 0 Å². The van der Waals surface area contributed by atoms with E-state index in [1.165, 1.54) is 22.4 Å². The number of aryl methyl sites for hydroxylation is 1. The summed E-state index contributed by atoms with van der Waals surface area (Å²) in [5.74, 6) is 0. The maximum atomic E-state index is 4.57. The first-order valence-electron chi connectivity index (χ1n) is 6.01. The topological polar surface area (TPSA) is 12.4 Å². The lowest BCUT2D eigenvalue weighted by Crippen LogP contribution is -2.03. The van der Waals surface area contributed by atoms with Crippen LogP contribution in [0.3, 0.4) is 0 Å². The molecule has 1 nitrogen and oxygen atoms in total. The van der Waals surface area contributed by atoms with Crippen molar-refractivity contribution in [2.24, 2.45) is 4.99 Å². The molecule has 1 atom stereocenters. The van der Waals surface area contributed by atoms with E-state index < -0.39 is 0 Å². The van der Waals surface area contributed by atoms with Crippen molar-refractivity contribution >= 4 is 5.71 Å². The quantitative estimate of drug-likeness (QED) is 0.753. The molecule has 0 bridgehead atoms. The van der Waals surface area contributed by atoms with Crippen molar-refractivity contribution in [3.05, 3.63) is 71.3 Å². The van der Waals surface area contributed by atoms with Crippen LogP contribution in [0.1, 0.15) is 16.7 Å². The molecule has 2 aromatic rings. The van der Waals surface area contributed by atoms with Gasteiger partial charge in [0.2, 0.25) is 0 Å². The zero-order valence-corrected chi connectivity index (χ0v) is 9.93. The van der Waals surface area contributed by atoms with Crippen molar-refractivity contribution < 1.29 is 0 Å². The van der Waals surface area contributed by atoms with Gasteiger partial charge in [0.05, 0.1) is 11.8 Å². The summed E-state index contributed by atoms with van der Waals surface area (Å²) >= 11 is 0. The van der Waals surface area contributed by atoms with Crippen LogP contribution in [-0.2, 0) is 6.42 Å². The van der Waals surface area contributed by atoms with Gasteiger partial charge in [-0.25, -0.2) is 0 Å². The second-order valence-corrected chi connectivity index (χ2v) is 4.59. The zero-order chi connectivity index (χ0) is 11.7. The number of nitrogens with zero attached hydrogens (tertiary/aromatic N) is 1. The third-order valence-corrected chi connectivity index (χ3v) is 3.16. The summed E-state index contributed by atoms with van der Waals surface area (Å²) in [7, 11) is 0. The van der Waals surface area contributed by atoms with Crippen LogP contribution in [0.15, 0.2) is 59.6 Å². The van der Waals surface area contributed by atoms with Crippen LogP contribution in [0.4, 0.5) is 0 Å². The van der Waals surface area contributed by atoms with E-state index in [1.54, 1.807) is 0 Å². The molecule has 1 aliphatic rings. The minimum absolute atomic E-state index is 0.403. The van der Waals surface area contributed by atoms with Gasteiger partial charge in [-0.1, -0.05) is 60.2 Å². The molecule has 0 saturated heterocycles. The standard InChI is InChI=1S/C16H15N/c1-12-7-9-14(10-8-12)16-15(17-16)11-13-5-3-2-4-6-13/h2-10,15H,11H2,1H3. The van der Waals surface area contributed by atoms with Gasteiger partial charge in [0, 0.05) is 6.42 Å². The molecule has 1 unspecified atom stereocenters. The normalized spacial score (nSPS) is 17.7. The van der Waals surface area contributed by atoms with E-state index in [1.807, 2.05) is 0 Å². The highest BCUT2D eigenvalue weighted by atomic mass is 15.0. The Morgan fingerprint density at radius 2 is 1.65 bits per heavy atom. The molecule has 0 aliphatic carbocycles. The molecule has 1 heterocycles. The van der Waals surface area contributed by atoms with Crippen molar-refractivity contribution in [1.82, 2.24) is 0 Å². The Bertz CT molecular complexity index is 537. The second kappa shape index (κ2) is 4.17. The molecule has 0 spiro atoms. The second-order valence-electron chi connectivity index (χ2n) is 4.59. The Hall–Kier alpha value is -1.89. The van der Waals surface area contributed by atoms with E-state index in [2.05, 4.69) is 66.5 Å². The highest BCUT2D eigenvalue weighted by molar-refractivity contribution is 6.13. The zero-order valence-electron chi connectivity index (χ0n) is 9.93. The van der Waals surface area contributed by atoms with Crippen LogP contribution in [0.5, 0.6) is 0 Å². The van der Waals surface area contributed by atoms with Gasteiger partial charge in [0.1, 0.15) is 0 Å². The first kappa shape index (κ1) is 10.3. The number of rotatable bonds is 3. The molecule has 1 heteroatoms. The molecule has 0 amide bonds. The van der Waals surface area contributed by atoms with Crippen LogP contribution in [0, 0.1) is 6.92 Å². The summed E-state index contributed by atoms with van der Waals surface area (Å²) in [5.41, 5.74) is 5.20. The van der Waals surface area contributed by atoms with Crippen LogP contribution in [-0.4, -0.2) is 11.8 Å². The minimum atomic E-state index is 0.403. The third kappa shape index (κ3) is 2.28. The van der Waals surface area contributed by atoms with Gasteiger partial charge in [-0.2, -0.15) is 0 Å². The summed E-state index contributed by atoms with van der Waals surface area (Å²) in [6.45, 7) is 2.11. The highest BCUT2D eigenvalue weighted by Gasteiger charge is 2.28. The van der Waals surface area contributed by atoms with Crippen molar-refractivity contribution in [2.75, 3.05) is 0 Å². The molecular weight excluding hydrogens is 206 g/mol. The SMILES string of the molecule is Cc1ccc(C2=NC2Cc2ccccc2)cc1. The Morgan fingerprint density at radius 3 is 2.35 bits per heavy atom. The molecule has 0 radical (unpaired) electrons. The molecule has 0 saturated carbocycles. The average molecular weight is 221 g/mol. The molecule has 84 valence electrons. The van der Waals surface area contributed by atoms with E-state index in [-0.39, 0.29) is 0 Å². The third-order valence-electron chi connectivity index (χ3n) is 3.16. The molecule has 0 N–H and O–H groups in total. The molecule has 3 rings (SSSR count). The van der Waals surface area contributed by atoms with Gasteiger partial charge < -0.3 is 0 Å². The van der Waals surface area contributed by atoms with Crippen molar-refractivity contribution in [1.29, 1.82) is 0 Å². The number of benzene rings is 2. The Labute approximate surface area is 102 Å². The number of hydrogen-bond acceptors (Lipinski definition) is 1. The first-order valence-corrected chi connectivity index (χ1v) is 6.01. The van der Waals surface area contributed by atoms with Crippen LogP contribution in [0.2, 0.25) is 0 Å². The van der Waals surface area contributed by atoms with E-state index in [4.69, 9.17) is 0 Å². The largest absolute Gasteiger partial charge is 0.277 e.